The zero-order valence-corrected chi connectivity index (χ0v) is 16.1. The van der Waals surface area contributed by atoms with Gasteiger partial charge in [0.1, 0.15) is 12.4 Å². The Morgan fingerprint density at radius 2 is 1.56 bits per heavy atom. The van der Waals surface area contributed by atoms with E-state index in [0.29, 0.717) is 6.61 Å². The van der Waals surface area contributed by atoms with Crippen LogP contribution in [0.15, 0.2) is 54.3 Å². The lowest BCUT2D eigenvalue weighted by Crippen LogP contribution is -2.22. The fraction of sp³-hybridized carbons (Fsp3) is 0.250. The van der Waals surface area contributed by atoms with Gasteiger partial charge in [-0.1, -0.05) is 62.4 Å². The maximum atomic E-state index is 6.23. The fourth-order valence-electron chi connectivity index (χ4n) is 4.77. The predicted octanol–water partition coefficient (Wildman–Crippen LogP) is 5.50. The number of rotatable bonds is 2. The third-order valence-electron chi connectivity index (χ3n) is 5.94. The normalized spacial score (nSPS) is 16.4. The molecule has 1 aliphatic heterocycles. The van der Waals surface area contributed by atoms with Gasteiger partial charge in [-0.3, -0.25) is 0 Å². The first-order valence-corrected chi connectivity index (χ1v) is 9.23. The summed E-state index contributed by atoms with van der Waals surface area (Å²) < 4.78 is 17.7. The molecule has 1 aliphatic carbocycles. The minimum atomic E-state index is -0.163. The summed E-state index contributed by atoms with van der Waals surface area (Å²) in [5.41, 5.74) is 6.01. The van der Waals surface area contributed by atoms with Crippen molar-refractivity contribution >= 4 is 16.5 Å². The van der Waals surface area contributed by atoms with Gasteiger partial charge in [-0.15, -0.1) is 0 Å². The van der Waals surface area contributed by atoms with Crippen LogP contribution in [-0.4, -0.2) is 20.8 Å². The summed E-state index contributed by atoms with van der Waals surface area (Å²) >= 11 is 0. The van der Waals surface area contributed by atoms with Gasteiger partial charge in [0.25, 0.3) is 0 Å². The Balaban J connectivity index is 2.03. The summed E-state index contributed by atoms with van der Waals surface area (Å²) in [6.07, 6.45) is 0. The average Bonchev–Trinajstić information content (AvgIpc) is 2.95. The molecule has 0 unspecified atom stereocenters. The Labute approximate surface area is 159 Å². The Morgan fingerprint density at radius 3 is 2.30 bits per heavy atom. The molecule has 0 aromatic heterocycles. The van der Waals surface area contributed by atoms with Crippen molar-refractivity contribution < 1.29 is 14.2 Å². The van der Waals surface area contributed by atoms with Crippen LogP contribution in [-0.2, 0) is 14.9 Å². The molecule has 0 bridgehead atoms. The van der Waals surface area contributed by atoms with Gasteiger partial charge in [-0.05, 0) is 27.6 Å². The van der Waals surface area contributed by atoms with Crippen LogP contribution in [0.2, 0.25) is 0 Å². The number of fused-ring (bicyclic) bond motifs is 8. The molecular formula is C24H22O3. The maximum Gasteiger partial charge on any atom is 0.176 e. The lowest BCUT2D eigenvalue weighted by atomic mass is 9.78. The number of benzene rings is 3. The molecule has 1 heterocycles. The van der Waals surface area contributed by atoms with Gasteiger partial charge < -0.3 is 14.2 Å². The quantitative estimate of drug-likeness (QED) is 0.605. The Morgan fingerprint density at radius 1 is 0.852 bits per heavy atom. The van der Waals surface area contributed by atoms with Crippen LogP contribution in [0.3, 0.4) is 0 Å². The van der Waals surface area contributed by atoms with Gasteiger partial charge in [0.05, 0.1) is 19.8 Å². The van der Waals surface area contributed by atoms with Crippen LogP contribution in [0.25, 0.3) is 27.7 Å². The molecule has 5 rings (SSSR count). The molecule has 136 valence electrons. The summed E-state index contributed by atoms with van der Waals surface area (Å²) in [7, 11) is 3.38. The molecule has 0 saturated heterocycles. The molecule has 3 nitrogen and oxygen atoms in total. The van der Waals surface area contributed by atoms with Crippen molar-refractivity contribution in [3.8, 4) is 16.9 Å². The minimum absolute atomic E-state index is 0.163. The summed E-state index contributed by atoms with van der Waals surface area (Å²) in [5, 5.41) is 2.34. The zero-order valence-electron chi connectivity index (χ0n) is 16.1. The predicted molar refractivity (Wildman–Crippen MR) is 108 cm³/mol. The van der Waals surface area contributed by atoms with E-state index in [2.05, 4.69) is 62.4 Å². The molecule has 3 aromatic rings. The average molecular weight is 358 g/mol. The second-order valence-corrected chi connectivity index (χ2v) is 7.62. The van der Waals surface area contributed by atoms with Gasteiger partial charge in [-0.25, -0.2) is 0 Å². The molecule has 27 heavy (non-hydrogen) atoms. The van der Waals surface area contributed by atoms with Gasteiger partial charge in [0.2, 0.25) is 0 Å². The van der Waals surface area contributed by atoms with Crippen LogP contribution < -0.4 is 4.74 Å². The van der Waals surface area contributed by atoms with Crippen LogP contribution in [0.1, 0.15) is 30.5 Å². The number of hydrogen-bond donors (Lipinski definition) is 0. The molecule has 3 heteroatoms. The van der Waals surface area contributed by atoms with Crippen molar-refractivity contribution in [1.82, 2.24) is 0 Å². The summed E-state index contributed by atoms with van der Waals surface area (Å²) in [6.45, 7) is 4.94. The van der Waals surface area contributed by atoms with E-state index in [-0.39, 0.29) is 5.41 Å². The topological polar surface area (TPSA) is 27.7 Å². The van der Waals surface area contributed by atoms with Crippen molar-refractivity contribution in [3.05, 3.63) is 71.0 Å². The van der Waals surface area contributed by atoms with Crippen LogP contribution >= 0.6 is 0 Å². The van der Waals surface area contributed by atoms with E-state index < -0.39 is 0 Å². The molecule has 2 aliphatic rings. The van der Waals surface area contributed by atoms with E-state index in [0.717, 1.165) is 28.2 Å². The van der Waals surface area contributed by atoms with E-state index >= 15 is 0 Å². The Bertz CT molecular complexity index is 1120. The van der Waals surface area contributed by atoms with Crippen molar-refractivity contribution in [2.24, 2.45) is 0 Å². The van der Waals surface area contributed by atoms with Crippen LogP contribution in [0, 0.1) is 0 Å². The SMILES string of the molecule is COC1=C(OC)c2c3c(c4ccccc4c2OC1)-c1ccccc1C3(C)C. The second kappa shape index (κ2) is 5.53. The second-order valence-electron chi connectivity index (χ2n) is 7.62. The molecule has 0 fully saturated rings. The Kier molecular flexibility index (Phi) is 3.33. The molecule has 3 aromatic carbocycles. The number of methoxy groups -OCH3 is 2. The van der Waals surface area contributed by atoms with E-state index in [4.69, 9.17) is 14.2 Å². The van der Waals surface area contributed by atoms with Crippen LogP contribution in [0.5, 0.6) is 5.75 Å². The fourth-order valence-corrected chi connectivity index (χ4v) is 4.77. The lowest BCUT2D eigenvalue weighted by molar-refractivity contribution is 0.196. The smallest absolute Gasteiger partial charge is 0.176 e. The van der Waals surface area contributed by atoms with E-state index in [9.17, 15) is 0 Å². The summed E-state index contributed by atoms with van der Waals surface area (Å²) in [4.78, 5) is 0. The molecule has 0 amide bonds. The minimum Gasteiger partial charge on any atom is -0.494 e. The molecular weight excluding hydrogens is 336 g/mol. The first-order valence-electron chi connectivity index (χ1n) is 9.23. The van der Waals surface area contributed by atoms with Gasteiger partial charge in [-0.2, -0.15) is 0 Å². The molecule has 0 saturated carbocycles. The summed E-state index contributed by atoms with van der Waals surface area (Å²) in [5.74, 6) is 2.40. The summed E-state index contributed by atoms with van der Waals surface area (Å²) in [6, 6.07) is 17.2. The standard InChI is InChI=1S/C24H22O3/c1-24(2)17-12-8-7-11-16(17)19-14-9-5-6-10-15(14)22-20(21(19)24)23(26-4)18(25-3)13-27-22/h5-12H,13H2,1-4H3. The van der Waals surface area contributed by atoms with Crippen molar-refractivity contribution in [2.45, 2.75) is 19.3 Å². The molecule has 0 atom stereocenters. The first kappa shape index (κ1) is 16.2. The highest BCUT2D eigenvalue weighted by atomic mass is 16.5. The van der Waals surface area contributed by atoms with Gasteiger partial charge >= 0.3 is 0 Å². The van der Waals surface area contributed by atoms with Crippen LogP contribution in [0.4, 0.5) is 0 Å². The highest BCUT2D eigenvalue weighted by Crippen LogP contribution is 2.57. The van der Waals surface area contributed by atoms with E-state index in [1.165, 1.54) is 27.6 Å². The third-order valence-corrected chi connectivity index (χ3v) is 5.94. The lowest BCUT2D eigenvalue weighted by Gasteiger charge is -2.30. The number of hydrogen-bond acceptors (Lipinski definition) is 3. The zero-order chi connectivity index (χ0) is 18.8. The van der Waals surface area contributed by atoms with Crippen molar-refractivity contribution in [2.75, 3.05) is 20.8 Å². The molecule has 0 spiro atoms. The van der Waals surface area contributed by atoms with Crippen molar-refractivity contribution in [1.29, 1.82) is 0 Å². The largest absolute Gasteiger partial charge is 0.494 e. The van der Waals surface area contributed by atoms with Gasteiger partial charge in [0, 0.05) is 10.8 Å². The van der Waals surface area contributed by atoms with E-state index in [1.54, 1.807) is 14.2 Å². The molecule has 0 radical (unpaired) electrons. The highest BCUT2D eigenvalue weighted by Gasteiger charge is 2.42. The number of ether oxygens (including phenoxy) is 3. The van der Waals surface area contributed by atoms with Crippen molar-refractivity contribution in [3.63, 3.8) is 0 Å². The monoisotopic (exact) mass is 358 g/mol. The highest BCUT2D eigenvalue weighted by molar-refractivity contribution is 6.09. The first-order chi connectivity index (χ1) is 13.1. The maximum absolute atomic E-state index is 6.23. The molecule has 0 N–H and O–H groups in total. The van der Waals surface area contributed by atoms with Gasteiger partial charge in [0.15, 0.2) is 11.5 Å². The van der Waals surface area contributed by atoms with E-state index in [1.807, 2.05) is 0 Å². The third kappa shape index (κ3) is 1.97. The Hall–Kier alpha value is -2.94.